The van der Waals surface area contributed by atoms with E-state index in [1.165, 1.54) is 36.3 Å². The molecule has 3 unspecified atom stereocenters. The van der Waals surface area contributed by atoms with Crippen molar-refractivity contribution in [2.75, 3.05) is 26.7 Å². The fraction of sp³-hybridized carbons (Fsp3) is 0.290. The Morgan fingerprint density at radius 1 is 1.02 bits per heavy atom. The molecular weight excluding hydrogens is 604 g/mol. The van der Waals surface area contributed by atoms with Gasteiger partial charge in [-0.05, 0) is 59.2 Å². The van der Waals surface area contributed by atoms with Crippen LogP contribution >= 0.6 is 0 Å². The minimum atomic E-state index is -3.94. The molecule has 45 heavy (non-hydrogen) atoms. The van der Waals surface area contributed by atoms with Crippen LogP contribution in [0, 0.1) is 0 Å². The highest BCUT2D eigenvalue weighted by molar-refractivity contribution is 7.89. The molecule has 2 aliphatic heterocycles. The van der Waals surface area contributed by atoms with Crippen LogP contribution in [0.5, 0.6) is 5.75 Å². The molecule has 3 aromatic rings. The van der Waals surface area contributed by atoms with Crippen LogP contribution in [0.2, 0.25) is 0 Å². The van der Waals surface area contributed by atoms with Crippen molar-refractivity contribution in [2.45, 2.75) is 36.1 Å². The first-order valence-electron chi connectivity index (χ1n) is 14.1. The predicted molar refractivity (Wildman–Crippen MR) is 161 cm³/mol. The van der Waals surface area contributed by atoms with Crippen LogP contribution in [0.3, 0.4) is 0 Å². The first kappa shape index (κ1) is 31.6. The number of aliphatic hydroxyl groups is 1. The molecule has 4 N–H and O–H groups in total. The number of fused-ring (bicyclic) bond motifs is 1. The van der Waals surface area contributed by atoms with E-state index in [0.29, 0.717) is 16.9 Å². The maximum absolute atomic E-state index is 13.7. The Hall–Kier alpha value is -4.79. The minimum Gasteiger partial charge on any atom is -0.497 e. The van der Waals surface area contributed by atoms with Crippen LogP contribution in [-0.2, 0) is 29.1 Å². The van der Waals surface area contributed by atoms with Crippen molar-refractivity contribution in [1.82, 2.24) is 20.3 Å². The second-order valence-corrected chi connectivity index (χ2v) is 12.4. The number of cyclic esters (lactones) is 1. The van der Waals surface area contributed by atoms with Gasteiger partial charge in [0.1, 0.15) is 17.8 Å². The van der Waals surface area contributed by atoms with Crippen LogP contribution in [0.15, 0.2) is 83.3 Å². The van der Waals surface area contributed by atoms with Gasteiger partial charge in [-0.15, -0.1) is 0 Å². The average Bonchev–Trinajstić information content (AvgIpc) is 3.27. The molecule has 3 atom stereocenters. The van der Waals surface area contributed by atoms with Crippen LogP contribution in [0.4, 0.5) is 0 Å². The average molecular weight is 637 g/mol. The van der Waals surface area contributed by atoms with Crippen molar-refractivity contribution in [1.29, 1.82) is 0 Å². The molecule has 0 bridgehead atoms. The summed E-state index contributed by atoms with van der Waals surface area (Å²) in [6.07, 6.45) is -0.0493. The third-order valence-electron chi connectivity index (χ3n) is 7.49. The van der Waals surface area contributed by atoms with Gasteiger partial charge in [0.2, 0.25) is 28.1 Å². The zero-order valence-electron chi connectivity index (χ0n) is 24.3. The lowest BCUT2D eigenvalue weighted by molar-refractivity contribution is -0.155. The zero-order valence-corrected chi connectivity index (χ0v) is 25.1. The number of hydrogen-bond donors (Lipinski definition) is 4. The summed E-state index contributed by atoms with van der Waals surface area (Å²) in [7, 11) is -2.47. The van der Waals surface area contributed by atoms with Crippen molar-refractivity contribution in [2.24, 2.45) is 0 Å². The summed E-state index contributed by atoms with van der Waals surface area (Å²) in [6, 6.07) is 16.5. The molecule has 0 saturated carbocycles. The number of nitrogens with zero attached hydrogens (tertiary/aromatic N) is 1. The lowest BCUT2D eigenvalue weighted by Gasteiger charge is -2.26. The molecule has 13 nitrogen and oxygen atoms in total. The molecular formula is C31H32N4O9S. The molecule has 0 aromatic heterocycles. The van der Waals surface area contributed by atoms with E-state index in [1.54, 1.807) is 24.3 Å². The number of benzene rings is 3. The van der Waals surface area contributed by atoms with Gasteiger partial charge >= 0.3 is 5.97 Å². The van der Waals surface area contributed by atoms with E-state index < -0.39 is 58.6 Å². The number of esters is 1. The van der Waals surface area contributed by atoms with Crippen molar-refractivity contribution in [3.05, 3.63) is 83.9 Å². The van der Waals surface area contributed by atoms with E-state index in [4.69, 9.17) is 4.74 Å². The molecule has 2 aliphatic rings. The van der Waals surface area contributed by atoms with E-state index >= 15 is 0 Å². The Kier molecular flexibility index (Phi) is 9.46. The maximum atomic E-state index is 13.7. The monoisotopic (exact) mass is 636 g/mol. The summed E-state index contributed by atoms with van der Waals surface area (Å²) in [6.45, 7) is -0.779. The van der Waals surface area contributed by atoms with E-state index in [0.717, 1.165) is 10.8 Å². The smallest absolute Gasteiger partial charge is 0.310 e. The first-order valence-corrected chi connectivity index (χ1v) is 15.6. The largest absolute Gasteiger partial charge is 0.497 e. The topological polar surface area (TPSA) is 180 Å². The Morgan fingerprint density at radius 2 is 1.76 bits per heavy atom. The van der Waals surface area contributed by atoms with Gasteiger partial charge in [-0.2, -0.15) is 0 Å². The van der Waals surface area contributed by atoms with Crippen molar-refractivity contribution >= 4 is 44.5 Å². The van der Waals surface area contributed by atoms with E-state index in [-0.39, 0.29) is 30.8 Å². The standard InChI is InChI=1S/C31H32N4O9S/c1-43-23-9-11-24(12-10-23)45(41,42)32-16-19-6-13-25(34-29(38)22-8-7-20-4-2-3-5-21(20)14-22)30(39)35(17-19)18-27(36)33-26-15-28(37)44-31(26)40/h2-12,14,25-26,31-32,40H,13,15-18H2,1H3,(H,33,36)(H,34,38). The summed E-state index contributed by atoms with van der Waals surface area (Å²) >= 11 is 0. The highest BCUT2D eigenvalue weighted by Crippen LogP contribution is 2.19. The number of sulfonamides is 1. The number of hydrogen-bond acceptors (Lipinski definition) is 9. The second-order valence-electron chi connectivity index (χ2n) is 10.6. The number of methoxy groups -OCH3 is 1. The van der Waals surface area contributed by atoms with Gasteiger partial charge in [0.15, 0.2) is 0 Å². The maximum Gasteiger partial charge on any atom is 0.310 e. The Labute approximate surface area is 259 Å². The Balaban J connectivity index is 1.33. The normalized spacial score (nSPS) is 20.3. The predicted octanol–water partition coefficient (Wildman–Crippen LogP) is 0.834. The minimum absolute atomic E-state index is 0.0113. The van der Waals surface area contributed by atoms with E-state index in [2.05, 4.69) is 20.1 Å². The summed E-state index contributed by atoms with van der Waals surface area (Å²) < 4.78 is 38.2. The molecule has 3 aromatic carbocycles. The highest BCUT2D eigenvalue weighted by atomic mass is 32.2. The Bertz CT molecular complexity index is 1760. The summed E-state index contributed by atoms with van der Waals surface area (Å²) in [5.74, 6) is -1.92. The molecule has 236 valence electrons. The van der Waals surface area contributed by atoms with E-state index in [9.17, 15) is 32.7 Å². The number of amides is 3. The molecule has 0 aliphatic carbocycles. The third-order valence-corrected chi connectivity index (χ3v) is 8.90. The lowest BCUT2D eigenvalue weighted by atomic mass is 10.1. The number of carbonyl (C=O) groups excluding carboxylic acids is 4. The van der Waals surface area contributed by atoms with Crippen molar-refractivity contribution in [3.63, 3.8) is 0 Å². The quantitative estimate of drug-likeness (QED) is 0.185. The molecule has 1 saturated heterocycles. The summed E-state index contributed by atoms with van der Waals surface area (Å²) in [5.41, 5.74) is 0.821. The second kappa shape index (κ2) is 13.5. The van der Waals surface area contributed by atoms with Crippen molar-refractivity contribution in [3.8, 4) is 5.75 Å². The fourth-order valence-electron chi connectivity index (χ4n) is 5.07. The van der Waals surface area contributed by atoms with Crippen LogP contribution in [0.1, 0.15) is 23.2 Å². The molecule has 3 amide bonds. The Morgan fingerprint density at radius 3 is 2.44 bits per heavy atom. The third kappa shape index (κ3) is 7.66. The SMILES string of the molecule is COc1ccc(S(=O)(=O)NCC2=CCC(NC(=O)c3ccc4ccccc4c3)C(=O)N(CC(=O)NC3CC(=O)OC3O)C2)cc1. The first-order chi connectivity index (χ1) is 21.5. The number of rotatable bonds is 10. The van der Waals surface area contributed by atoms with Gasteiger partial charge in [0.05, 0.1) is 25.0 Å². The fourth-order valence-corrected chi connectivity index (χ4v) is 6.10. The van der Waals surface area contributed by atoms with Gasteiger partial charge in [-0.25, -0.2) is 13.1 Å². The zero-order chi connectivity index (χ0) is 32.1. The number of carbonyl (C=O) groups is 4. The summed E-state index contributed by atoms with van der Waals surface area (Å²) in [4.78, 5) is 52.5. The van der Waals surface area contributed by atoms with Gasteiger partial charge in [0.25, 0.3) is 5.91 Å². The number of nitrogens with one attached hydrogen (secondary N) is 3. The van der Waals surface area contributed by atoms with Gasteiger partial charge in [-0.1, -0.05) is 36.4 Å². The van der Waals surface area contributed by atoms with Gasteiger partial charge in [0, 0.05) is 18.7 Å². The van der Waals surface area contributed by atoms with Gasteiger partial charge < -0.3 is 30.1 Å². The van der Waals surface area contributed by atoms with E-state index in [1.807, 2.05) is 24.3 Å². The molecule has 14 heteroatoms. The molecule has 0 radical (unpaired) electrons. The number of aliphatic hydroxyl groups excluding tert-OH is 1. The molecule has 5 rings (SSSR count). The number of ether oxygens (including phenoxy) is 2. The van der Waals surface area contributed by atoms with Crippen LogP contribution < -0.4 is 20.1 Å². The molecule has 2 heterocycles. The molecule has 1 fully saturated rings. The highest BCUT2D eigenvalue weighted by Gasteiger charge is 2.36. The van der Waals surface area contributed by atoms with Crippen LogP contribution in [0.25, 0.3) is 10.8 Å². The lowest BCUT2D eigenvalue weighted by Crippen LogP contribution is -2.52. The van der Waals surface area contributed by atoms with Crippen LogP contribution in [-0.4, -0.2) is 87.2 Å². The summed E-state index contributed by atoms with van der Waals surface area (Å²) in [5, 5.41) is 16.9. The van der Waals surface area contributed by atoms with Crippen molar-refractivity contribution < 1.29 is 42.2 Å². The molecule has 0 spiro atoms. The van der Waals surface area contributed by atoms with Gasteiger partial charge in [-0.3, -0.25) is 19.2 Å².